The molecule has 0 aromatic heterocycles. The zero-order valence-corrected chi connectivity index (χ0v) is 15.0. The maximum absolute atomic E-state index is 12.2. The van der Waals surface area contributed by atoms with E-state index in [9.17, 15) is 23.6 Å². The highest BCUT2D eigenvalue weighted by atomic mass is 35.5. The smallest absolute Gasteiger partial charge is 0.312 e. The van der Waals surface area contributed by atoms with E-state index >= 15 is 0 Å². The normalized spacial score (nSPS) is 11.5. The van der Waals surface area contributed by atoms with E-state index in [1.807, 2.05) is 4.83 Å². The number of nitro groups is 1. The van der Waals surface area contributed by atoms with Crippen LogP contribution in [0, 0.1) is 10.1 Å². The first-order chi connectivity index (χ1) is 12.2. The van der Waals surface area contributed by atoms with Crippen molar-refractivity contribution in [2.45, 2.75) is 11.8 Å². The van der Waals surface area contributed by atoms with E-state index < -0.39 is 26.4 Å². The van der Waals surface area contributed by atoms with E-state index in [4.69, 9.17) is 16.3 Å². The van der Waals surface area contributed by atoms with Crippen LogP contribution in [-0.4, -0.2) is 31.3 Å². The molecule has 26 heavy (non-hydrogen) atoms. The number of nitrogens with zero attached hydrogens (tertiary/aromatic N) is 2. The Hall–Kier alpha value is -2.85. The Labute approximate surface area is 154 Å². The number of ether oxygens (including phenoxy) is 1. The van der Waals surface area contributed by atoms with Crippen molar-refractivity contribution in [3.63, 3.8) is 0 Å². The van der Waals surface area contributed by atoms with Crippen LogP contribution < -0.4 is 9.57 Å². The van der Waals surface area contributed by atoms with Crippen molar-refractivity contribution in [3.8, 4) is 11.5 Å². The minimum absolute atomic E-state index is 0.00896. The van der Waals surface area contributed by atoms with Gasteiger partial charge in [-0.25, -0.2) is 4.83 Å². The van der Waals surface area contributed by atoms with Gasteiger partial charge >= 0.3 is 5.69 Å². The average Bonchev–Trinajstić information content (AvgIpc) is 2.58. The molecule has 0 aliphatic carbocycles. The monoisotopic (exact) mass is 399 g/mol. The van der Waals surface area contributed by atoms with Crippen LogP contribution in [0.5, 0.6) is 11.5 Å². The molecule has 2 N–H and O–H groups in total. The highest BCUT2D eigenvalue weighted by Crippen LogP contribution is 2.32. The van der Waals surface area contributed by atoms with E-state index in [0.29, 0.717) is 12.4 Å². The Morgan fingerprint density at radius 3 is 2.58 bits per heavy atom. The summed E-state index contributed by atoms with van der Waals surface area (Å²) in [6.07, 6.45) is 0.917. The molecule has 0 heterocycles. The first-order valence-corrected chi connectivity index (χ1v) is 9.05. The summed E-state index contributed by atoms with van der Waals surface area (Å²) >= 11 is 5.74. The standard InChI is InChI=1S/C15H14ClN3O6S/c1-2-25-12-3-5-13(6-4-12)26(23,24)18-17-9-10-7-11(16)8-14(15(10)20)19(21)22/h3-9,18,20H,2H2,1H3/b17-9-. The van der Waals surface area contributed by atoms with Crippen LogP contribution in [0.3, 0.4) is 0 Å². The van der Waals surface area contributed by atoms with Gasteiger partial charge < -0.3 is 9.84 Å². The van der Waals surface area contributed by atoms with Crippen molar-refractivity contribution in [1.82, 2.24) is 4.83 Å². The van der Waals surface area contributed by atoms with Crippen molar-refractivity contribution in [2.24, 2.45) is 5.10 Å². The lowest BCUT2D eigenvalue weighted by Gasteiger charge is -2.06. The SMILES string of the molecule is CCOc1ccc(S(=O)(=O)N/N=C\c2cc(Cl)cc([N+](=O)[O-])c2O)cc1. The summed E-state index contributed by atoms with van der Waals surface area (Å²) < 4.78 is 29.5. The molecule has 2 aromatic carbocycles. The van der Waals surface area contributed by atoms with Gasteiger partial charge in [0.2, 0.25) is 5.75 Å². The number of sulfonamides is 1. The number of nitro benzene ring substituents is 1. The lowest BCUT2D eigenvalue weighted by Crippen LogP contribution is -2.18. The zero-order chi connectivity index (χ0) is 19.3. The third-order valence-corrected chi connectivity index (χ3v) is 4.56. The summed E-state index contributed by atoms with van der Waals surface area (Å²) in [4.78, 5) is 11.9. The zero-order valence-electron chi connectivity index (χ0n) is 13.4. The number of nitrogens with one attached hydrogen (secondary N) is 1. The van der Waals surface area contributed by atoms with Crippen molar-refractivity contribution in [2.75, 3.05) is 6.61 Å². The maximum atomic E-state index is 12.2. The summed E-state index contributed by atoms with van der Waals surface area (Å²) in [6, 6.07) is 7.84. The predicted octanol–water partition coefficient (Wildman–Crippen LogP) is 2.66. The fourth-order valence-electron chi connectivity index (χ4n) is 1.94. The summed E-state index contributed by atoms with van der Waals surface area (Å²) in [6.45, 7) is 2.25. The molecule has 0 bridgehead atoms. The van der Waals surface area contributed by atoms with Crippen molar-refractivity contribution < 1.29 is 23.2 Å². The van der Waals surface area contributed by atoms with Gasteiger partial charge in [-0.2, -0.15) is 13.5 Å². The first kappa shape index (κ1) is 19.5. The molecule has 0 atom stereocenters. The molecule has 0 aliphatic heterocycles. The molecule has 0 amide bonds. The van der Waals surface area contributed by atoms with E-state index in [-0.39, 0.29) is 15.5 Å². The molecule has 11 heteroatoms. The largest absolute Gasteiger partial charge is 0.502 e. The summed E-state index contributed by atoms with van der Waals surface area (Å²) in [5.74, 6) is -0.158. The Balaban J connectivity index is 2.20. The van der Waals surface area contributed by atoms with Gasteiger partial charge in [0.05, 0.1) is 22.6 Å². The third-order valence-electron chi connectivity index (χ3n) is 3.10. The minimum atomic E-state index is -3.96. The lowest BCUT2D eigenvalue weighted by molar-refractivity contribution is -0.385. The number of rotatable bonds is 7. The quantitative estimate of drug-likeness (QED) is 0.418. The van der Waals surface area contributed by atoms with Gasteiger partial charge in [0, 0.05) is 16.7 Å². The molecule has 0 aliphatic rings. The Bertz CT molecular complexity index is 945. The van der Waals surface area contributed by atoms with Gasteiger partial charge in [0.15, 0.2) is 0 Å². The molecule has 0 radical (unpaired) electrons. The van der Waals surface area contributed by atoms with Gasteiger partial charge in [0.1, 0.15) is 5.75 Å². The molecule has 9 nitrogen and oxygen atoms in total. The number of phenols is 1. The van der Waals surface area contributed by atoms with E-state index in [1.165, 1.54) is 30.3 Å². The van der Waals surface area contributed by atoms with Crippen LogP contribution in [0.4, 0.5) is 5.69 Å². The Morgan fingerprint density at radius 1 is 1.35 bits per heavy atom. The molecular formula is C15H14ClN3O6S. The molecule has 0 saturated carbocycles. The topological polar surface area (TPSA) is 131 Å². The second-order valence-corrected chi connectivity index (χ2v) is 6.97. The second-order valence-electron chi connectivity index (χ2n) is 4.88. The molecule has 2 aromatic rings. The van der Waals surface area contributed by atoms with Gasteiger partial charge in [-0.05, 0) is 37.3 Å². The molecule has 2 rings (SSSR count). The molecule has 0 spiro atoms. The fourth-order valence-corrected chi connectivity index (χ4v) is 2.95. The van der Waals surface area contributed by atoms with Crippen molar-refractivity contribution >= 4 is 33.5 Å². The Morgan fingerprint density at radius 2 is 2.00 bits per heavy atom. The highest BCUT2D eigenvalue weighted by molar-refractivity contribution is 7.89. The molecular weight excluding hydrogens is 386 g/mol. The van der Waals surface area contributed by atoms with Crippen LogP contribution in [0.2, 0.25) is 5.02 Å². The van der Waals surface area contributed by atoms with Gasteiger partial charge in [0.25, 0.3) is 10.0 Å². The van der Waals surface area contributed by atoms with Crippen LogP contribution in [0.15, 0.2) is 46.4 Å². The van der Waals surface area contributed by atoms with E-state index in [0.717, 1.165) is 12.3 Å². The van der Waals surface area contributed by atoms with Crippen LogP contribution in [0.25, 0.3) is 0 Å². The maximum Gasteiger partial charge on any atom is 0.312 e. The summed E-state index contributed by atoms with van der Waals surface area (Å²) in [5.41, 5.74) is -0.730. The predicted molar refractivity (Wildman–Crippen MR) is 95.3 cm³/mol. The van der Waals surface area contributed by atoms with Gasteiger partial charge in [-0.15, -0.1) is 0 Å². The fraction of sp³-hybridized carbons (Fsp3) is 0.133. The van der Waals surface area contributed by atoms with E-state index in [2.05, 4.69) is 5.10 Å². The van der Waals surface area contributed by atoms with Crippen LogP contribution in [-0.2, 0) is 10.0 Å². The summed E-state index contributed by atoms with van der Waals surface area (Å²) in [5, 5.41) is 24.2. The minimum Gasteiger partial charge on any atom is -0.502 e. The van der Waals surface area contributed by atoms with Crippen molar-refractivity contribution in [3.05, 3.63) is 57.1 Å². The molecule has 0 fully saturated rings. The van der Waals surface area contributed by atoms with Crippen molar-refractivity contribution in [1.29, 1.82) is 0 Å². The number of hydrazone groups is 1. The first-order valence-electron chi connectivity index (χ1n) is 7.19. The molecule has 0 unspecified atom stereocenters. The number of hydrogen-bond acceptors (Lipinski definition) is 7. The number of benzene rings is 2. The molecule has 138 valence electrons. The summed E-state index contributed by atoms with van der Waals surface area (Å²) in [7, 11) is -3.96. The van der Waals surface area contributed by atoms with Crippen LogP contribution in [0.1, 0.15) is 12.5 Å². The third kappa shape index (κ3) is 4.61. The number of phenolic OH excluding ortho intramolecular Hbond substituents is 1. The average molecular weight is 400 g/mol. The van der Waals surface area contributed by atoms with Gasteiger partial charge in [-0.3, -0.25) is 10.1 Å². The number of aromatic hydroxyl groups is 1. The number of hydrogen-bond donors (Lipinski definition) is 2. The second kappa shape index (κ2) is 8.02. The Kier molecular flexibility index (Phi) is 6.01. The van der Waals surface area contributed by atoms with E-state index in [1.54, 1.807) is 6.92 Å². The highest BCUT2D eigenvalue weighted by Gasteiger charge is 2.18. The number of halogens is 1. The lowest BCUT2D eigenvalue weighted by atomic mass is 10.2. The van der Waals surface area contributed by atoms with Crippen LogP contribution >= 0.6 is 11.6 Å². The molecule has 0 saturated heterocycles. The van der Waals surface area contributed by atoms with Gasteiger partial charge in [-0.1, -0.05) is 11.6 Å².